The Morgan fingerprint density at radius 2 is 1.81 bits per heavy atom. The molecule has 3 rings (SSSR count). The van der Waals surface area contributed by atoms with Gasteiger partial charge in [0, 0.05) is 12.1 Å². The van der Waals surface area contributed by atoms with Crippen LogP contribution in [0.4, 0.5) is 0 Å². The second kappa shape index (κ2) is 8.13. The van der Waals surface area contributed by atoms with Crippen LogP contribution in [-0.2, 0) is 13.1 Å². The minimum Gasteiger partial charge on any atom is -0.323 e. The number of terminal acetylenes is 1. The molecule has 130 valence electrons. The van der Waals surface area contributed by atoms with Gasteiger partial charge in [-0.2, -0.15) is 5.10 Å². The molecule has 0 spiro atoms. The topological polar surface area (TPSA) is 51.0 Å². The molecule has 3 aromatic rings. The highest BCUT2D eigenvalue weighted by Gasteiger charge is 2.15. The number of aromatic nitrogens is 3. The van der Waals surface area contributed by atoms with E-state index in [9.17, 15) is 4.79 Å². The Kier molecular flexibility index (Phi) is 5.45. The van der Waals surface area contributed by atoms with E-state index >= 15 is 0 Å². The number of nitrogens with zero attached hydrogens (tertiary/aromatic N) is 4. The summed E-state index contributed by atoms with van der Waals surface area (Å²) in [6.07, 6.45) is 8.63. The molecule has 5 heteroatoms. The smallest absolute Gasteiger partial charge is 0.254 e. The number of amides is 1. The third kappa shape index (κ3) is 4.37. The predicted molar refractivity (Wildman–Crippen MR) is 100 cm³/mol. The van der Waals surface area contributed by atoms with Crippen LogP contribution in [0.5, 0.6) is 0 Å². The molecule has 0 aliphatic rings. The molecule has 0 radical (unpaired) electrons. The van der Waals surface area contributed by atoms with Gasteiger partial charge in [-0.3, -0.25) is 4.79 Å². The molecule has 0 N–H and O–H groups in total. The zero-order valence-corrected chi connectivity index (χ0v) is 14.7. The van der Waals surface area contributed by atoms with E-state index in [4.69, 9.17) is 6.42 Å². The first-order valence-electron chi connectivity index (χ1n) is 8.35. The third-order valence-corrected chi connectivity index (χ3v) is 4.08. The molecule has 0 atom stereocenters. The number of hydrogen-bond donors (Lipinski definition) is 0. The van der Waals surface area contributed by atoms with E-state index in [-0.39, 0.29) is 12.5 Å². The molecule has 0 aliphatic heterocycles. The zero-order valence-electron chi connectivity index (χ0n) is 14.7. The van der Waals surface area contributed by atoms with Gasteiger partial charge in [-0.15, -0.1) is 6.42 Å². The molecule has 0 fully saturated rings. The molecule has 5 nitrogen and oxygen atoms in total. The zero-order chi connectivity index (χ0) is 18.4. The quantitative estimate of drug-likeness (QED) is 0.646. The molecule has 0 aliphatic carbocycles. The van der Waals surface area contributed by atoms with Crippen LogP contribution in [-0.4, -0.2) is 32.1 Å². The first-order chi connectivity index (χ1) is 12.7. The first kappa shape index (κ1) is 17.4. The summed E-state index contributed by atoms with van der Waals surface area (Å²) >= 11 is 0. The Bertz CT molecular complexity index is 891. The summed E-state index contributed by atoms with van der Waals surface area (Å²) in [4.78, 5) is 18.4. The third-order valence-electron chi connectivity index (χ3n) is 4.08. The van der Waals surface area contributed by atoms with Crippen LogP contribution in [0.1, 0.15) is 27.0 Å². The molecular weight excluding hydrogens is 324 g/mol. The van der Waals surface area contributed by atoms with Gasteiger partial charge in [0.15, 0.2) is 0 Å². The van der Waals surface area contributed by atoms with Gasteiger partial charge in [0.25, 0.3) is 5.91 Å². The van der Waals surface area contributed by atoms with Crippen molar-refractivity contribution in [3.05, 3.63) is 83.4 Å². The van der Waals surface area contributed by atoms with Gasteiger partial charge in [-0.05, 0) is 30.2 Å². The fourth-order valence-electron chi connectivity index (χ4n) is 2.66. The predicted octanol–water partition coefficient (Wildman–Crippen LogP) is 2.91. The average molecular weight is 344 g/mol. The molecule has 26 heavy (non-hydrogen) atoms. The van der Waals surface area contributed by atoms with Crippen molar-refractivity contribution >= 4 is 5.91 Å². The van der Waals surface area contributed by atoms with E-state index in [2.05, 4.69) is 16.0 Å². The summed E-state index contributed by atoms with van der Waals surface area (Å²) in [5.74, 6) is 2.50. The SMILES string of the molecule is C#CCN(Cc1ccc(C)cc1)C(=O)c1ccc(Cn2cncn2)cc1. The summed E-state index contributed by atoms with van der Waals surface area (Å²) in [7, 11) is 0. The highest BCUT2D eigenvalue weighted by molar-refractivity contribution is 5.94. The maximum atomic E-state index is 12.8. The maximum Gasteiger partial charge on any atom is 0.254 e. The summed E-state index contributed by atoms with van der Waals surface area (Å²) in [5.41, 5.74) is 3.91. The molecule has 0 bridgehead atoms. The van der Waals surface area contributed by atoms with Crippen LogP contribution in [0.15, 0.2) is 61.2 Å². The van der Waals surface area contributed by atoms with Gasteiger partial charge in [-0.1, -0.05) is 47.9 Å². The van der Waals surface area contributed by atoms with Gasteiger partial charge >= 0.3 is 0 Å². The maximum absolute atomic E-state index is 12.8. The molecule has 1 aromatic heterocycles. The van der Waals surface area contributed by atoms with E-state index in [0.29, 0.717) is 18.7 Å². The summed E-state index contributed by atoms with van der Waals surface area (Å²) in [6, 6.07) is 15.6. The number of carbonyl (C=O) groups is 1. The fraction of sp³-hybridized carbons (Fsp3) is 0.190. The lowest BCUT2D eigenvalue weighted by molar-refractivity contribution is 0.0766. The van der Waals surface area contributed by atoms with Crippen LogP contribution >= 0.6 is 0 Å². The molecule has 0 unspecified atom stereocenters. The van der Waals surface area contributed by atoms with Crippen molar-refractivity contribution in [2.24, 2.45) is 0 Å². The Hall–Kier alpha value is -3.39. The average Bonchev–Trinajstić information content (AvgIpc) is 3.16. The van der Waals surface area contributed by atoms with Crippen LogP contribution in [0.2, 0.25) is 0 Å². The monoisotopic (exact) mass is 344 g/mol. The molecule has 1 amide bonds. The van der Waals surface area contributed by atoms with Crippen molar-refractivity contribution in [2.75, 3.05) is 6.54 Å². The minimum atomic E-state index is -0.0733. The number of carbonyl (C=O) groups excluding carboxylic acids is 1. The lowest BCUT2D eigenvalue weighted by atomic mass is 10.1. The van der Waals surface area contributed by atoms with Gasteiger partial charge in [0.05, 0.1) is 13.1 Å². The second-order valence-corrected chi connectivity index (χ2v) is 6.14. The van der Waals surface area contributed by atoms with E-state index in [1.165, 1.54) is 11.9 Å². The highest BCUT2D eigenvalue weighted by atomic mass is 16.2. The molecule has 2 aromatic carbocycles. The van der Waals surface area contributed by atoms with Crippen molar-refractivity contribution in [2.45, 2.75) is 20.0 Å². The number of rotatable bonds is 6. The molecule has 0 saturated carbocycles. The lowest BCUT2D eigenvalue weighted by Gasteiger charge is -2.21. The Morgan fingerprint density at radius 3 is 2.42 bits per heavy atom. The largest absolute Gasteiger partial charge is 0.323 e. The van der Waals surface area contributed by atoms with Crippen molar-refractivity contribution in [1.82, 2.24) is 19.7 Å². The Morgan fingerprint density at radius 1 is 1.12 bits per heavy atom. The molecule has 0 saturated heterocycles. The van der Waals surface area contributed by atoms with E-state index in [1.807, 2.05) is 55.5 Å². The van der Waals surface area contributed by atoms with Crippen molar-refractivity contribution < 1.29 is 4.79 Å². The summed E-state index contributed by atoms with van der Waals surface area (Å²) in [5, 5.41) is 4.08. The minimum absolute atomic E-state index is 0.0733. The van der Waals surface area contributed by atoms with Crippen molar-refractivity contribution in [3.63, 3.8) is 0 Å². The second-order valence-electron chi connectivity index (χ2n) is 6.14. The number of aryl methyl sites for hydroxylation is 1. The lowest BCUT2D eigenvalue weighted by Crippen LogP contribution is -2.31. The van der Waals surface area contributed by atoms with Gasteiger partial charge < -0.3 is 4.90 Å². The van der Waals surface area contributed by atoms with Crippen LogP contribution in [0, 0.1) is 19.3 Å². The normalized spacial score (nSPS) is 10.3. The Balaban J connectivity index is 1.72. The fourth-order valence-corrected chi connectivity index (χ4v) is 2.66. The number of benzene rings is 2. The van der Waals surface area contributed by atoms with Crippen LogP contribution < -0.4 is 0 Å². The van der Waals surface area contributed by atoms with E-state index in [1.54, 1.807) is 15.9 Å². The van der Waals surface area contributed by atoms with E-state index in [0.717, 1.165) is 11.1 Å². The Labute approximate surface area is 153 Å². The highest BCUT2D eigenvalue weighted by Crippen LogP contribution is 2.12. The van der Waals surface area contributed by atoms with Crippen molar-refractivity contribution in [3.8, 4) is 12.3 Å². The standard InChI is InChI=1S/C21H20N4O/c1-3-12-24(13-18-6-4-17(2)5-7-18)21(26)20-10-8-19(9-11-20)14-25-16-22-15-23-25/h1,4-11,15-16H,12-14H2,2H3. The van der Waals surface area contributed by atoms with Crippen LogP contribution in [0.3, 0.4) is 0 Å². The first-order valence-corrected chi connectivity index (χ1v) is 8.35. The van der Waals surface area contributed by atoms with Crippen molar-refractivity contribution in [1.29, 1.82) is 0 Å². The number of hydrogen-bond acceptors (Lipinski definition) is 3. The molecule has 1 heterocycles. The van der Waals surface area contributed by atoms with Gasteiger partial charge in [0.1, 0.15) is 12.7 Å². The van der Waals surface area contributed by atoms with E-state index < -0.39 is 0 Å². The van der Waals surface area contributed by atoms with Gasteiger partial charge in [0.2, 0.25) is 0 Å². The van der Waals surface area contributed by atoms with Crippen LogP contribution in [0.25, 0.3) is 0 Å². The summed E-state index contributed by atoms with van der Waals surface area (Å²) in [6.45, 7) is 3.42. The van der Waals surface area contributed by atoms with Gasteiger partial charge in [-0.25, -0.2) is 9.67 Å². The molecular formula is C21H20N4O. The summed E-state index contributed by atoms with van der Waals surface area (Å²) < 4.78 is 1.73.